The van der Waals surface area contributed by atoms with E-state index in [2.05, 4.69) is 28.4 Å². The van der Waals surface area contributed by atoms with Gasteiger partial charge in [-0.1, -0.05) is 18.2 Å². The van der Waals surface area contributed by atoms with Gasteiger partial charge in [0.05, 0.1) is 6.54 Å². The summed E-state index contributed by atoms with van der Waals surface area (Å²) < 4.78 is 0. The van der Waals surface area contributed by atoms with Crippen molar-refractivity contribution < 1.29 is 4.79 Å². The van der Waals surface area contributed by atoms with Gasteiger partial charge in [0.1, 0.15) is 0 Å². The van der Waals surface area contributed by atoms with Crippen LogP contribution < -0.4 is 10.2 Å². The van der Waals surface area contributed by atoms with Crippen LogP contribution in [0.25, 0.3) is 0 Å². The van der Waals surface area contributed by atoms with E-state index in [9.17, 15) is 4.79 Å². The van der Waals surface area contributed by atoms with Crippen molar-refractivity contribution in [3.05, 3.63) is 29.8 Å². The number of amides is 1. The number of anilines is 1. The van der Waals surface area contributed by atoms with Gasteiger partial charge in [0.2, 0.25) is 5.91 Å². The molecule has 0 unspecified atom stereocenters. The minimum atomic E-state index is 0.110. The van der Waals surface area contributed by atoms with E-state index in [1.807, 2.05) is 13.0 Å². The van der Waals surface area contributed by atoms with E-state index in [1.54, 1.807) is 0 Å². The molecule has 0 atom stereocenters. The van der Waals surface area contributed by atoms with E-state index in [-0.39, 0.29) is 5.91 Å². The number of fused-ring (bicyclic) bond motifs is 1. The maximum absolute atomic E-state index is 11.6. The van der Waals surface area contributed by atoms with Gasteiger partial charge in [0.25, 0.3) is 0 Å². The minimum absolute atomic E-state index is 0.110. The highest BCUT2D eigenvalue weighted by atomic mass is 16.2. The van der Waals surface area contributed by atoms with E-state index >= 15 is 0 Å². The fraction of sp³-hybridized carbons (Fsp3) is 0.462. The molecule has 1 N–H and O–H groups in total. The van der Waals surface area contributed by atoms with Crippen LogP contribution in [-0.4, -0.2) is 25.5 Å². The highest BCUT2D eigenvalue weighted by Gasteiger charge is 2.17. The zero-order chi connectivity index (χ0) is 11.4. The quantitative estimate of drug-likeness (QED) is 0.835. The second kappa shape index (κ2) is 5.01. The van der Waals surface area contributed by atoms with Crippen molar-refractivity contribution in [3.8, 4) is 0 Å². The molecular formula is C13H18N2O. The van der Waals surface area contributed by atoms with E-state index in [4.69, 9.17) is 0 Å². The summed E-state index contributed by atoms with van der Waals surface area (Å²) in [5.41, 5.74) is 2.58. The van der Waals surface area contributed by atoms with Gasteiger partial charge in [0.15, 0.2) is 0 Å². The number of aryl methyl sites for hydroxylation is 1. The van der Waals surface area contributed by atoms with E-state index < -0.39 is 0 Å². The van der Waals surface area contributed by atoms with Gasteiger partial charge in [-0.3, -0.25) is 4.79 Å². The van der Waals surface area contributed by atoms with E-state index in [0.29, 0.717) is 13.1 Å². The van der Waals surface area contributed by atoms with Gasteiger partial charge in [-0.25, -0.2) is 0 Å². The fourth-order valence-electron chi connectivity index (χ4n) is 2.20. The topological polar surface area (TPSA) is 32.3 Å². The Kier molecular flexibility index (Phi) is 3.44. The first-order valence-corrected chi connectivity index (χ1v) is 5.91. The Balaban J connectivity index is 2.10. The maximum atomic E-state index is 11.6. The van der Waals surface area contributed by atoms with Gasteiger partial charge in [-0.2, -0.15) is 0 Å². The molecule has 2 rings (SSSR count). The molecular weight excluding hydrogens is 200 g/mol. The molecule has 1 aliphatic rings. The number of carbonyl (C=O) groups is 1. The second-order valence-electron chi connectivity index (χ2n) is 4.11. The summed E-state index contributed by atoms with van der Waals surface area (Å²) in [6.45, 7) is 4.11. The Bertz CT molecular complexity index is 376. The molecule has 0 aromatic heterocycles. The number of nitrogens with zero attached hydrogens (tertiary/aromatic N) is 1. The van der Waals surface area contributed by atoms with Crippen LogP contribution in [0, 0.1) is 0 Å². The molecule has 86 valence electrons. The summed E-state index contributed by atoms with van der Waals surface area (Å²) in [6.07, 6.45) is 2.26. The van der Waals surface area contributed by atoms with Gasteiger partial charge >= 0.3 is 0 Å². The first-order chi connectivity index (χ1) is 7.81. The number of rotatable bonds is 3. The lowest BCUT2D eigenvalue weighted by Gasteiger charge is -2.30. The van der Waals surface area contributed by atoms with Crippen LogP contribution in [0.15, 0.2) is 24.3 Å². The molecule has 1 heterocycles. The summed E-state index contributed by atoms with van der Waals surface area (Å²) in [5, 5.41) is 2.84. The average Bonchev–Trinajstić information content (AvgIpc) is 2.30. The minimum Gasteiger partial charge on any atom is -0.362 e. The largest absolute Gasteiger partial charge is 0.362 e. The van der Waals surface area contributed by atoms with Crippen molar-refractivity contribution in [2.75, 3.05) is 24.5 Å². The first-order valence-electron chi connectivity index (χ1n) is 5.91. The van der Waals surface area contributed by atoms with Crippen molar-refractivity contribution in [2.45, 2.75) is 19.8 Å². The van der Waals surface area contributed by atoms with Gasteiger partial charge in [-0.15, -0.1) is 0 Å². The van der Waals surface area contributed by atoms with Crippen molar-refractivity contribution in [2.24, 2.45) is 0 Å². The van der Waals surface area contributed by atoms with Gasteiger partial charge < -0.3 is 10.2 Å². The van der Waals surface area contributed by atoms with Crippen molar-refractivity contribution in [1.29, 1.82) is 0 Å². The third-order valence-electron chi connectivity index (χ3n) is 2.91. The monoisotopic (exact) mass is 218 g/mol. The van der Waals surface area contributed by atoms with Crippen LogP contribution in [0.3, 0.4) is 0 Å². The summed E-state index contributed by atoms with van der Waals surface area (Å²) in [5.74, 6) is 0.110. The molecule has 0 saturated carbocycles. The Labute approximate surface area is 96.5 Å². The molecule has 3 nitrogen and oxygen atoms in total. The van der Waals surface area contributed by atoms with Crippen LogP contribution in [0.5, 0.6) is 0 Å². The number of hydrogen-bond donors (Lipinski definition) is 1. The molecule has 16 heavy (non-hydrogen) atoms. The Morgan fingerprint density at radius 3 is 3.06 bits per heavy atom. The number of para-hydroxylation sites is 1. The van der Waals surface area contributed by atoms with Crippen molar-refractivity contribution in [1.82, 2.24) is 5.32 Å². The predicted molar refractivity (Wildman–Crippen MR) is 65.7 cm³/mol. The van der Waals surface area contributed by atoms with Crippen molar-refractivity contribution in [3.63, 3.8) is 0 Å². The lowest BCUT2D eigenvalue weighted by atomic mass is 10.0. The third kappa shape index (κ3) is 2.35. The van der Waals surface area contributed by atoms with Crippen LogP contribution in [0.4, 0.5) is 5.69 Å². The zero-order valence-corrected chi connectivity index (χ0v) is 9.70. The summed E-state index contributed by atoms with van der Waals surface area (Å²) in [7, 11) is 0. The van der Waals surface area contributed by atoms with Crippen LogP contribution in [0.1, 0.15) is 18.9 Å². The zero-order valence-electron chi connectivity index (χ0n) is 9.70. The highest BCUT2D eigenvalue weighted by molar-refractivity contribution is 5.81. The number of nitrogens with one attached hydrogen (secondary N) is 1. The third-order valence-corrected chi connectivity index (χ3v) is 2.91. The average molecular weight is 218 g/mol. The molecule has 0 radical (unpaired) electrons. The molecule has 1 amide bonds. The van der Waals surface area contributed by atoms with Gasteiger partial charge in [-0.05, 0) is 31.4 Å². The van der Waals surface area contributed by atoms with E-state index in [1.165, 1.54) is 11.3 Å². The molecule has 1 aromatic rings. The second-order valence-corrected chi connectivity index (χ2v) is 4.11. The molecule has 3 heteroatoms. The van der Waals surface area contributed by atoms with Crippen LogP contribution in [0.2, 0.25) is 0 Å². The molecule has 0 saturated heterocycles. The van der Waals surface area contributed by atoms with Crippen LogP contribution >= 0.6 is 0 Å². The predicted octanol–water partition coefficient (Wildman–Crippen LogP) is 1.58. The smallest absolute Gasteiger partial charge is 0.239 e. The molecule has 0 bridgehead atoms. The van der Waals surface area contributed by atoms with Gasteiger partial charge in [0, 0.05) is 18.8 Å². The fourth-order valence-corrected chi connectivity index (χ4v) is 2.20. The number of hydrogen-bond acceptors (Lipinski definition) is 2. The Hall–Kier alpha value is -1.51. The summed E-state index contributed by atoms with van der Waals surface area (Å²) in [4.78, 5) is 13.7. The number of benzene rings is 1. The SMILES string of the molecule is CCNC(=O)CN1CCCc2ccccc21. The molecule has 0 aliphatic carbocycles. The molecule has 0 spiro atoms. The summed E-state index contributed by atoms with van der Waals surface area (Å²) in [6, 6.07) is 8.36. The van der Waals surface area contributed by atoms with Crippen molar-refractivity contribution >= 4 is 11.6 Å². The molecule has 0 fully saturated rings. The standard InChI is InChI=1S/C13H18N2O/c1-2-14-13(16)10-15-9-5-7-11-6-3-4-8-12(11)15/h3-4,6,8H,2,5,7,9-10H2,1H3,(H,14,16). The summed E-state index contributed by atoms with van der Waals surface area (Å²) >= 11 is 0. The Morgan fingerprint density at radius 2 is 2.25 bits per heavy atom. The Morgan fingerprint density at radius 1 is 1.44 bits per heavy atom. The van der Waals surface area contributed by atoms with E-state index in [0.717, 1.165) is 19.4 Å². The highest BCUT2D eigenvalue weighted by Crippen LogP contribution is 2.25. The molecule has 1 aliphatic heterocycles. The normalized spacial score (nSPS) is 14.4. The molecule has 1 aromatic carbocycles. The number of likely N-dealkylation sites (N-methyl/N-ethyl adjacent to an activating group) is 1. The first kappa shape index (κ1) is 11.0. The lowest BCUT2D eigenvalue weighted by Crippen LogP contribution is -2.39. The van der Waals surface area contributed by atoms with Crippen LogP contribution in [-0.2, 0) is 11.2 Å². The lowest BCUT2D eigenvalue weighted by molar-refractivity contribution is -0.119. The number of carbonyl (C=O) groups excluding carboxylic acids is 1. The maximum Gasteiger partial charge on any atom is 0.239 e.